The lowest BCUT2D eigenvalue weighted by Crippen LogP contribution is -2.15. The van der Waals surface area contributed by atoms with Crippen molar-refractivity contribution in [3.8, 4) is 11.8 Å². The van der Waals surface area contributed by atoms with Crippen LogP contribution in [-0.4, -0.2) is 25.5 Å². The number of esters is 1. The third-order valence-corrected chi connectivity index (χ3v) is 5.41. The maximum absolute atomic E-state index is 12.4. The number of hydrogen-bond acceptors (Lipinski definition) is 5. The third-order valence-electron chi connectivity index (χ3n) is 5.41. The van der Waals surface area contributed by atoms with Crippen molar-refractivity contribution in [3.05, 3.63) is 70.8 Å². The maximum Gasteiger partial charge on any atom is 0.349 e. The lowest BCUT2D eigenvalue weighted by Gasteiger charge is -2.22. The predicted octanol–water partition coefficient (Wildman–Crippen LogP) is 5.08. The van der Waals surface area contributed by atoms with Crippen LogP contribution in [0.4, 0.5) is 0 Å². The van der Waals surface area contributed by atoms with Gasteiger partial charge in [0.15, 0.2) is 12.4 Å². The van der Waals surface area contributed by atoms with Crippen LogP contribution in [0.5, 0.6) is 5.75 Å². The Morgan fingerprint density at radius 1 is 1.03 bits per heavy atom. The summed E-state index contributed by atoms with van der Waals surface area (Å²) in [6, 6.07) is 16.3. The molecule has 0 amide bonds. The van der Waals surface area contributed by atoms with Gasteiger partial charge in [0.1, 0.15) is 17.4 Å². The number of ketones is 1. The standard InChI is InChI=1S/C25H25NO4/c1-29-23-13-7-18(8-14-23)15-22(16-26)25(28)30-17-24(27)21-11-9-20(10-12-21)19-5-3-2-4-6-19/h7-15,19H,2-6,17H2,1H3. The van der Waals surface area contributed by atoms with Gasteiger partial charge in [-0.25, -0.2) is 4.79 Å². The molecule has 2 aromatic rings. The number of ether oxygens (including phenoxy) is 2. The molecule has 3 rings (SSSR count). The number of carbonyl (C=O) groups excluding carboxylic acids is 2. The summed E-state index contributed by atoms with van der Waals surface area (Å²) in [5.41, 5.74) is 2.26. The zero-order valence-corrected chi connectivity index (χ0v) is 17.1. The second-order valence-electron chi connectivity index (χ2n) is 7.40. The molecule has 0 bridgehead atoms. The predicted molar refractivity (Wildman–Crippen MR) is 114 cm³/mol. The number of methoxy groups -OCH3 is 1. The summed E-state index contributed by atoms with van der Waals surface area (Å²) >= 11 is 0. The fourth-order valence-electron chi connectivity index (χ4n) is 3.67. The highest BCUT2D eigenvalue weighted by atomic mass is 16.5. The van der Waals surface area contributed by atoms with Gasteiger partial charge < -0.3 is 9.47 Å². The van der Waals surface area contributed by atoms with Crippen molar-refractivity contribution in [2.45, 2.75) is 38.0 Å². The van der Waals surface area contributed by atoms with Gasteiger partial charge in [-0.1, -0.05) is 55.7 Å². The Morgan fingerprint density at radius 3 is 2.30 bits per heavy atom. The minimum absolute atomic E-state index is 0.166. The minimum Gasteiger partial charge on any atom is -0.497 e. The van der Waals surface area contributed by atoms with E-state index in [0.717, 1.165) is 0 Å². The Bertz CT molecular complexity index is 946. The molecule has 30 heavy (non-hydrogen) atoms. The quantitative estimate of drug-likeness (QED) is 0.279. The van der Waals surface area contributed by atoms with Crippen LogP contribution in [0, 0.1) is 11.3 Å². The molecule has 0 heterocycles. The van der Waals surface area contributed by atoms with E-state index >= 15 is 0 Å². The van der Waals surface area contributed by atoms with Crippen molar-refractivity contribution in [3.63, 3.8) is 0 Å². The van der Waals surface area contributed by atoms with Crippen LogP contribution in [0.3, 0.4) is 0 Å². The molecule has 1 aliphatic carbocycles. The number of carbonyl (C=O) groups is 2. The maximum atomic E-state index is 12.4. The SMILES string of the molecule is COc1ccc(C=C(C#N)C(=O)OCC(=O)c2ccc(C3CCCCC3)cc2)cc1. The molecule has 5 heteroatoms. The summed E-state index contributed by atoms with van der Waals surface area (Å²) in [5, 5.41) is 9.27. The summed E-state index contributed by atoms with van der Waals surface area (Å²) < 4.78 is 10.2. The number of nitrogens with zero attached hydrogens (tertiary/aromatic N) is 1. The molecule has 0 N–H and O–H groups in total. The van der Waals surface area contributed by atoms with Crippen LogP contribution in [0.25, 0.3) is 6.08 Å². The average molecular weight is 403 g/mol. The molecule has 1 aliphatic rings. The highest BCUT2D eigenvalue weighted by molar-refractivity contribution is 6.01. The van der Waals surface area contributed by atoms with Crippen LogP contribution in [0.2, 0.25) is 0 Å². The van der Waals surface area contributed by atoms with Gasteiger partial charge in [0.05, 0.1) is 7.11 Å². The topological polar surface area (TPSA) is 76.4 Å². The molecule has 0 unspecified atom stereocenters. The first-order chi connectivity index (χ1) is 14.6. The smallest absolute Gasteiger partial charge is 0.349 e. The van der Waals surface area contributed by atoms with E-state index in [2.05, 4.69) is 0 Å². The molecule has 2 aromatic carbocycles. The van der Waals surface area contributed by atoms with Crippen LogP contribution < -0.4 is 4.74 Å². The van der Waals surface area contributed by atoms with E-state index in [-0.39, 0.29) is 11.4 Å². The Balaban J connectivity index is 1.57. The highest BCUT2D eigenvalue weighted by Gasteiger charge is 2.17. The second-order valence-corrected chi connectivity index (χ2v) is 7.40. The number of nitriles is 1. The monoisotopic (exact) mass is 403 g/mol. The van der Waals surface area contributed by atoms with Gasteiger partial charge in [0.25, 0.3) is 0 Å². The number of rotatable bonds is 7. The summed E-state index contributed by atoms with van der Waals surface area (Å²) in [6.45, 7) is -0.400. The van der Waals surface area contributed by atoms with Crippen LogP contribution in [-0.2, 0) is 9.53 Å². The Labute approximate surface area is 176 Å². The van der Waals surface area contributed by atoms with Crippen molar-refractivity contribution in [2.24, 2.45) is 0 Å². The largest absolute Gasteiger partial charge is 0.497 e. The first kappa shape index (κ1) is 21.3. The molecule has 1 saturated carbocycles. The van der Waals surface area contributed by atoms with Crippen molar-refractivity contribution >= 4 is 17.8 Å². The second kappa shape index (κ2) is 10.4. The highest BCUT2D eigenvalue weighted by Crippen LogP contribution is 2.32. The molecule has 0 saturated heterocycles. The van der Waals surface area contributed by atoms with Gasteiger partial charge in [-0.2, -0.15) is 5.26 Å². The zero-order valence-electron chi connectivity index (χ0n) is 17.1. The Hall–Kier alpha value is -3.39. The van der Waals surface area contributed by atoms with Gasteiger partial charge in [-0.05, 0) is 48.1 Å². The van der Waals surface area contributed by atoms with E-state index in [1.54, 1.807) is 43.5 Å². The normalized spacial score (nSPS) is 14.6. The van der Waals surface area contributed by atoms with E-state index in [9.17, 15) is 14.9 Å². The van der Waals surface area contributed by atoms with Crippen molar-refractivity contribution in [1.82, 2.24) is 0 Å². The fourth-order valence-corrected chi connectivity index (χ4v) is 3.67. The number of benzene rings is 2. The van der Waals surface area contributed by atoms with E-state index in [4.69, 9.17) is 9.47 Å². The Kier molecular flexibility index (Phi) is 7.40. The number of hydrogen-bond donors (Lipinski definition) is 0. The van der Waals surface area contributed by atoms with Gasteiger partial charge in [-0.15, -0.1) is 0 Å². The van der Waals surface area contributed by atoms with E-state index in [1.165, 1.54) is 43.7 Å². The van der Waals surface area contributed by atoms with Gasteiger partial charge in [0.2, 0.25) is 0 Å². The molecule has 0 spiro atoms. The molecule has 1 fully saturated rings. The first-order valence-corrected chi connectivity index (χ1v) is 10.2. The molecular weight excluding hydrogens is 378 g/mol. The lowest BCUT2D eigenvalue weighted by atomic mass is 9.84. The average Bonchev–Trinajstić information content (AvgIpc) is 2.81. The van der Waals surface area contributed by atoms with Crippen molar-refractivity contribution in [1.29, 1.82) is 5.26 Å². The van der Waals surface area contributed by atoms with Gasteiger partial charge in [0, 0.05) is 5.56 Å². The summed E-state index contributed by atoms with van der Waals surface area (Å²) in [7, 11) is 1.56. The molecular formula is C25H25NO4. The summed E-state index contributed by atoms with van der Waals surface area (Å²) in [5.74, 6) is 0.135. The van der Waals surface area contributed by atoms with Gasteiger partial charge >= 0.3 is 5.97 Å². The minimum atomic E-state index is -0.819. The number of Topliss-reactive ketones (excluding diaryl/α,β-unsaturated/α-hetero) is 1. The Morgan fingerprint density at radius 2 is 1.70 bits per heavy atom. The zero-order chi connectivity index (χ0) is 21.3. The molecule has 0 aromatic heterocycles. The van der Waals surface area contributed by atoms with Crippen LogP contribution in [0.1, 0.15) is 59.5 Å². The van der Waals surface area contributed by atoms with Crippen LogP contribution in [0.15, 0.2) is 54.1 Å². The molecule has 0 atom stereocenters. The van der Waals surface area contributed by atoms with Gasteiger partial charge in [-0.3, -0.25) is 4.79 Å². The van der Waals surface area contributed by atoms with Crippen LogP contribution >= 0.6 is 0 Å². The summed E-state index contributed by atoms with van der Waals surface area (Å²) in [4.78, 5) is 24.6. The molecule has 154 valence electrons. The molecule has 5 nitrogen and oxygen atoms in total. The lowest BCUT2D eigenvalue weighted by molar-refractivity contribution is -0.137. The summed E-state index contributed by atoms with van der Waals surface area (Å²) in [6.07, 6.45) is 7.63. The van der Waals surface area contributed by atoms with E-state index in [0.29, 0.717) is 22.8 Å². The van der Waals surface area contributed by atoms with E-state index < -0.39 is 12.6 Å². The van der Waals surface area contributed by atoms with Crippen molar-refractivity contribution in [2.75, 3.05) is 13.7 Å². The fraction of sp³-hybridized carbons (Fsp3) is 0.320. The third kappa shape index (κ3) is 5.57. The van der Waals surface area contributed by atoms with Crippen molar-refractivity contribution < 1.29 is 19.1 Å². The first-order valence-electron chi connectivity index (χ1n) is 10.2. The van der Waals surface area contributed by atoms with E-state index in [1.807, 2.05) is 18.2 Å². The molecule has 0 aliphatic heterocycles. The molecule has 0 radical (unpaired) electrons.